The van der Waals surface area contributed by atoms with Gasteiger partial charge in [0.15, 0.2) is 11.7 Å². The molecule has 0 aromatic carbocycles. The second-order valence-electron chi connectivity index (χ2n) is 4.63. The van der Waals surface area contributed by atoms with Gasteiger partial charge >= 0.3 is 0 Å². The zero-order valence-corrected chi connectivity index (χ0v) is 12.3. The summed E-state index contributed by atoms with van der Waals surface area (Å²) in [5.74, 6) is 1.54. The Hall–Kier alpha value is -1.66. The number of hydrogen-bond acceptors (Lipinski definition) is 5. The molecule has 2 rings (SSSR count). The van der Waals surface area contributed by atoms with E-state index in [1.54, 1.807) is 13.3 Å². The number of aryl methyl sites for hydroxylation is 2. The largest absolute Gasteiger partial charge is 0.441 e. The van der Waals surface area contributed by atoms with Gasteiger partial charge in [0.1, 0.15) is 0 Å². The van der Waals surface area contributed by atoms with Crippen molar-refractivity contribution < 1.29 is 9.15 Å². The summed E-state index contributed by atoms with van der Waals surface area (Å²) in [5, 5.41) is 7.68. The van der Waals surface area contributed by atoms with Crippen LogP contribution >= 0.6 is 0 Å². The fraction of sp³-hybridized carbons (Fsp3) is 0.571. The summed E-state index contributed by atoms with van der Waals surface area (Å²) in [4.78, 5) is 4.32. The fourth-order valence-corrected chi connectivity index (χ4v) is 2.05. The van der Waals surface area contributed by atoms with Crippen LogP contribution in [0.15, 0.2) is 16.8 Å². The Morgan fingerprint density at radius 1 is 1.40 bits per heavy atom. The fourth-order valence-electron chi connectivity index (χ4n) is 2.05. The van der Waals surface area contributed by atoms with E-state index in [1.807, 2.05) is 17.9 Å². The molecule has 6 nitrogen and oxygen atoms in total. The average Bonchev–Trinajstić information content (AvgIpc) is 3.04. The molecule has 0 aliphatic carbocycles. The van der Waals surface area contributed by atoms with Gasteiger partial charge in [-0.15, -0.1) is 0 Å². The molecule has 0 saturated carbocycles. The molecule has 0 aliphatic heterocycles. The predicted octanol–water partition coefficient (Wildman–Crippen LogP) is 1.42. The number of nitrogens with zero attached hydrogens (tertiary/aromatic N) is 3. The first-order chi connectivity index (χ1) is 9.74. The standard InChI is InChI=1S/C14H22N4O2/c1-4-12-11(10-18(2)17-12)13-9-16-14(20-13)5-6-15-7-8-19-3/h9-10,15H,4-8H2,1-3H3. The maximum Gasteiger partial charge on any atom is 0.196 e. The summed E-state index contributed by atoms with van der Waals surface area (Å²) in [7, 11) is 3.61. The minimum atomic E-state index is 0.715. The highest BCUT2D eigenvalue weighted by Crippen LogP contribution is 2.24. The molecule has 2 aromatic rings. The van der Waals surface area contributed by atoms with Crippen LogP contribution < -0.4 is 5.32 Å². The number of nitrogens with one attached hydrogen (secondary N) is 1. The molecule has 0 radical (unpaired) electrons. The summed E-state index contributed by atoms with van der Waals surface area (Å²) >= 11 is 0. The van der Waals surface area contributed by atoms with Gasteiger partial charge in [-0.25, -0.2) is 4.98 Å². The zero-order chi connectivity index (χ0) is 14.4. The second-order valence-corrected chi connectivity index (χ2v) is 4.63. The predicted molar refractivity (Wildman–Crippen MR) is 76.5 cm³/mol. The highest BCUT2D eigenvalue weighted by Gasteiger charge is 2.13. The number of rotatable bonds is 8. The van der Waals surface area contributed by atoms with Crippen molar-refractivity contribution in [2.75, 3.05) is 26.8 Å². The Morgan fingerprint density at radius 3 is 3.00 bits per heavy atom. The Labute approximate surface area is 119 Å². The molecule has 20 heavy (non-hydrogen) atoms. The lowest BCUT2D eigenvalue weighted by atomic mass is 10.2. The van der Waals surface area contributed by atoms with Crippen LogP contribution in [0, 0.1) is 0 Å². The van der Waals surface area contributed by atoms with E-state index in [9.17, 15) is 0 Å². The monoisotopic (exact) mass is 278 g/mol. The summed E-state index contributed by atoms with van der Waals surface area (Å²) in [6.07, 6.45) is 5.40. The number of ether oxygens (including phenoxy) is 1. The van der Waals surface area contributed by atoms with Crippen LogP contribution in [0.4, 0.5) is 0 Å². The van der Waals surface area contributed by atoms with E-state index >= 15 is 0 Å². The van der Waals surface area contributed by atoms with Crippen LogP contribution in [0.1, 0.15) is 18.5 Å². The molecule has 2 aromatic heterocycles. The third-order valence-electron chi connectivity index (χ3n) is 3.06. The van der Waals surface area contributed by atoms with Crippen molar-refractivity contribution in [3.8, 4) is 11.3 Å². The van der Waals surface area contributed by atoms with Gasteiger partial charge in [0.2, 0.25) is 0 Å². The van der Waals surface area contributed by atoms with E-state index in [1.165, 1.54) is 0 Å². The van der Waals surface area contributed by atoms with Crippen molar-refractivity contribution in [2.24, 2.45) is 7.05 Å². The molecule has 0 amide bonds. The maximum absolute atomic E-state index is 5.80. The summed E-state index contributed by atoms with van der Waals surface area (Å²) in [6, 6.07) is 0. The van der Waals surface area contributed by atoms with E-state index < -0.39 is 0 Å². The molecular weight excluding hydrogens is 256 g/mol. The summed E-state index contributed by atoms with van der Waals surface area (Å²) in [6.45, 7) is 4.47. The molecule has 0 fully saturated rings. The van der Waals surface area contributed by atoms with Gasteiger partial charge in [-0.05, 0) is 6.42 Å². The Morgan fingerprint density at radius 2 is 2.25 bits per heavy atom. The van der Waals surface area contributed by atoms with Gasteiger partial charge in [0, 0.05) is 39.9 Å². The molecular formula is C14H22N4O2. The third kappa shape index (κ3) is 3.68. The molecule has 2 heterocycles. The summed E-state index contributed by atoms with van der Waals surface area (Å²) < 4.78 is 12.6. The molecule has 0 saturated heterocycles. The van der Waals surface area contributed by atoms with Gasteiger partial charge in [0.05, 0.1) is 24.1 Å². The van der Waals surface area contributed by atoms with Gasteiger partial charge in [-0.2, -0.15) is 5.10 Å². The lowest BCUT2D eigenvalue weighted by Gasteiger charge is -2.01. The molecule has 0 aliphatic rings. The van der Waals surface area contributed by atoms with Gasteiger partial charge in [0.25, 0.3) is 0 Å². The average molecular weight is 278 g/mol. The summed E-state index contributed by atoms with van der Waals surface area (Å²) in [5.41, 5.74) is 2.06. The van der Waals surface area contributed by atoms with Gasteiger partial charge < -0.3 is 14.5 Å². The van der Waals surface area contributed by atoms with Crippen LogP contribution in [0.5, 0.6) is 0 Å². The molecule has 0 atom stereocenters. The van der Waals surface area contributed by atoms with E-state index in [0.717, 1.165) is 48.8 Å². The number of hydrogen-bond donors (Lipinski definition) is 1. The van der Waals surface area contributed by atoms with Crippen molar-refractivity contribution >= 4 is 0 Å². The topological polar surface area (TPSA) is 65.1 Å². The van der Waals surface area contributed by atoms with Crippen LogP contribution in [0.3, 0.4) is 0 Å². The van der Waals surface area contributed by atoms with Crippen molar-refractivity contribution in [3.63, 3.8) is 0 Å². The highest BCUT2D eigenvalue weighted by molar-refractivity contribution is 5.58. The maximum atomic E-state index is 5.80. The van der Waals surface area contributed by atoms with Crippen LogP contribution in [-0.4, -0.2) is 41.6 Å². The first-order valence-corrected chi connectivity index (χ1v) is 6.91. The molecule has 0 spiro atoms. The van der Waals surface area contributed by atoms with Crippen molar-refractivity contribution in [2.45, 2.75) is 19.8 Å². The molecule has 6 heteroatoms. The van der Waals surface area contributed by atoms with Crippen LogP contribution in [0.2, 0.25) is 0 Å². The molecule has 1 N–H and O–H groups in total. The third-order valence-corrected chi connectivity index (χ3v) is 3.06. The lowest BCUT2D eigenvalue weighted by Crippen LogP contribution is -2.21. The van der Waals surface area contributed by atoms with E-state index in [4.69, 9.17) is 9.15 Å². The minimum Gasteiger partial charge on any atom is -0.441 e. The van der Waals surface area contributed by atoms with E-state index in [0.29, 0.717) is 6.61 Å². The number of aromatic nitrogens is 3. The number of oxazole rings is 1. The van der Waals surface area contributed by atoms with Crippen LogP contribution in [0.25, 0.3) is 11.3 Å². The van der Waals surface area contributed by atoms with Gasteiger partial charge in [-0.1, -0.05) is 6.92 Å². The molecule has 110 valence electrons. The smallest absolute Gasteiger partial charge is 0.196 e. The normalized spacial score (nSPS) is 11.2. The zero-order valence-electron chi connectivity index (χ0n) is 12.3. The van der Waals surface area contributed by atoms with Crippen molar-refractivity contribution in [1.82, 2.24) is 20.1 Å². The minimum absolute atomic E-state index is 0.715. The first kappa shape index (κ1) is 14.7. The van der Waals surface area contributed by atoms with Crippen molar-refractivity contribution in [1.29, 1.82) is 0 Å². The quantitative estimate of drug-likeness (QED) is 0.740. The van der Waals surface area contributed by atoms with Crippen molar-refractivity contribution in [3.05, 3.63) is 24.0 Å². The van der Waals surface area contributed by atoms with E-state index in [2.05, 4.69) is 22.3 Å². The second kappa shape index (κ2) is 7.21. The van der Waals surface area contributed by atoms with Gasteiger partial charge in [-0.3, -0.25) is 4.68 Å². The van der Waals surface area contributed by atoms with Crippen LogP contribution in [-0.2, 0) is 24.6 Å². The van der Waals surface area contributed by atoms with E-state index in [-0.39, 0.29) is 0 Å². The highest BCUT2D eigenvalue weighted by atomic mass is 16.5. The Kier molecular flexibility index (Phi) is 5.31. The Balaban J connectivity index is 1.94. The molecule has 0 unspecified atom stereocenters. The molecule has 0 bridgehead atoms. The number of methoxy groups -OCH3 is 1. The lowest BCUT2D eigenvalue weighted by molar-refractivity contribution is 0.199. The first-order valence-electron chi connectivity index (χ1n) is 6.91. The SMILES string of the molecule is CCc1nn(C)cc1-c1cnc(CCNCCOC)o1. The Bertz CT molecular complexity index is 533.